The molecular weight excluding hydrogens is 207 g/mol. The van der Waals surface area contributed by atoms with Gasteiger partial charge in [-0.05, 0) is 33.2 Å². The maximum absolute atomic E-state index is 12.0. The molecule has 2 nitrogen and oxygen atoms in total. The number of hydrogen-bond donors (Lipinski definition) is 1. The first kappa shape index (κ1) is 14.7. The van der Waals surface area contributed by atoms with Crippen LogP contribution in [-0.2, 0) is 4.74 Å². The highest BCUT2D eigenvalue weighted by atomic mass is 19.4. The van der Waals surface area contributed by atoms with Gasteiger partial charge in [-0.25, -0.2) is 0 Å². The van der Waals surface area contributed by atoms with Gasteiger partial charge in [0.2, 0.25) is 0 Å². The summed E-state index contributed by atoms with van der Waals surface area (Å²) in [6, 6.07) is -0.0794. The van der Waals surface area contributed by atoms with Crippen molar-refractivity contribution < 1.29 is 17.9 Å². The van der Waals surface area contributed by atoms with E-state index in [0.717, 1.165) is 6.42 Å². The quantitative estimate of drug-likeness (QED) is 0.722. The zero-order chi connectivity index (χ0) is 11.9. The maximum atomic E-state index is 12.0. The van der Waals surface area contributed by atoms with Crippen molar-refractivity contribution in [3.63, 3.8) is 0 Å². The van der Waals surface area contributed by atoms with E-state index in [2.05, 4.69) is 5.32 Å². The minimum atomic E-state index is -4.05. The number of methoxy groups -OCH3 is 1. The molecule has 0 aliphatic heterocycles. The van der Waals surface area contributed by atoms with Crippen LogP contribution in [0.2, 0.25) is 0 Å². The molecule has 15 heavy (non-hydrogen) atoms. The predicted octanol–water partition coefficient (Wildman–Crippen LogP) is 2.73. The molecule has 5 heteroatoms. The second kappa shape index (κ2) is 7.06. The molecular formula is C10H20F3NO. The lowest BCUT2D eigenvalue weighted by Gasteiger charge is -2.18. The molecule has 92 valence electrons. The van der Waals surface area contributed by atoms with E-state index in [9.17, 15) is 13.2 Å². The van der Waals surface area contributed by atoms with Crippen LogP contribution in [0.1, 0.15) is 32.6 Å². The molecule has 0 spiro atoms. The van der Waals surface area contributed by atoms with Gasteiger partial charge in [0.25, 0.3) is 0 Å². The Kier molecular flexibility index (Phi) is 6.92. The summed E-state index contributed by atoms with van der Waals surface area (Å²) < 4.78 is 40.9. The van der Waals surface area contributed by atoms with Crippen molar-refractivity contribution in [3.05, 3.63) is 0 Å². The van der Waals surface area contributed by atoms with Crippen molar-refractivity contribution in [2.24, 2.45) is 0 Å². The first-order valence-electron chi connectivity index (χ1n) is 5.16. The summed E-state index contributed by atoms with van der Waals surface area (Å²) in [6.45, 7) is 1.91. The van der Waals surface area contributed by atoms with E-state index < -0.39 is 12.6 Å². The van der Waals surface area contributed by atoms with Crippen LogP contribution < -0.4 is 5.32 Å². The summed E-state index contributed by atoms with van der Waals surface area (Å²) in [5, 5.41) is 2.90. The van der Waals surface area contributed by atoms with Crippen LogP contribution in [-0.4, -0.2) is 32.5 Å². The molecule has 0 aromatic rings. The Morgan fingerprint density at radius 1 is 1.20 bits per heavy atom. The third kappa shape index (κ3) is 8.69. The molecule has 0 saturated carbocycles. The fourth-order valence-electron chi connectivity index (χ4n) is 1.32. The Bertz CT molecular complexity index is 161. The van der Waals surface area contributed by atoms with Gasteiger partial charge < -0.3 is 10.1 Å². The molecule has 2 unspecified atom stereocenters. The average molecular weight is 227 g/mol. The summed E-state index contributed by atoms with van der Waals surface area (Å²) in [5.41, 5.74) is 0. The van der Waals surface area contributed by atoms with Crippen molar-refractivity contribution in [2.75, 3.05) is 14.2 Å². The molecule has 0 heterocycles. The Labute approximate surface area is 89.2 Å². The van der Waals surface area contributed by atoms with Gasteiger partial charge >= 0.3 is 6.18 Å². The molecule has 0 saturated heterocycles. The van der Waals surface area contributed by atoms with Gasteiger partial charge in [0.05, 0.1) is 6.10 Å². The Hall–Kier alpha value is -0.290. The molecule has 0 aromatic heterocycles. The Morgan fingerprint density at radius 3 is 2.20 bits per heavy atom. The summed E-state index contributed by atoms with van der Waals surface area (Å²) in [4.78, 5) is 0. The van der Waals surface area contributed by atoms with Crippen molar-refractivity contribution in [1.29, 1.82) is 0 Å². The van der Waals surface area contributed by atoms with E-state index in [4.69, 9.17) is 4.74 Å². The highest BCUT2D eigenvalue weighted by molar-refractivity contribution is 4.68. The van der Waals surface area contributed by atoms with E-state index in [1.165, 1.54) is 0 Å². The fourth-order valence-corrected chi connectivity index (χ4v) is 1.32. The standard InChI is InChI=1S/C10H20F3NO/c1-8(15-3)4-5-9(14-2)6-7-10(11,12)13/h8-9,14H,4-7H2,1-3H3. The zero-order valence-corrected chi connectivity index (χ0v) is 9.53. The minimum Gasteiger partial charge on any atom is -0.382 e. The third-order valence-corrected chi connectivity index (χ3v) is 2.51. The van der Waals surface area contributed by atoms with Crippen LogP contribution in [0.25, 0.3) is 0 Å². The summed E-state index contributed by atoms with van der Waals surface area (Å²) in [6.07, 6.45) is -3.05. The lowest BCUT2D eigenvalue weighted by molar-refractivity contribution is -0.136. The van der Waals surface area contributed by atoms with E-state index in [1.807, 2.05) is 6.92 Å². The van der Waals surface area contributed by atoms with Crippen LogP contribution in [0.15, 0.2) is 0 Å². The summed E-state index contributed by atoms with van der Waals surface area (Å²) in [5.74, 6) is 0. The highest BCUT2D eigenvalue weighted by Crippen LogP contribution is 2.23. The lowest BCUT2D eigenvalue weighted by Crippen LogP contribution is -2.28. The molecule has 0 rings (SSSR count). The van der Waals surface area contributed by atoms with Crippen LogP contribution in [0.5, 0.6) is 0 Å². The SMILES string of the molecule is CNC(CCC(C)OC)CCC(F)(F)F. The van der Waals surface area contributed by atoms with Crippen molar-refractivity contribution in [2.45, 2.75) is 50.9 Å². The summed E-state index contributed by atoms with van der Waals surface area (Å²) in [7, 11) is 3.30. The zero-order valence-electron chi connectivity index (χ0n) is 9.53. The van der Waals surface area contributed by atoms with Gasteiger partial charge in [-0.2, -0.15) is 13.2 Å². The molecule has 1 N–H and O–H groups in total. The average Bonchev–Trinajstić information content (AvgIpc) is 2.16. The molecule has 0 radical (unpaired) electrons. The third-order valence-electron chi connectivity index (χ3n) is 2.51. The molecule has 0 aromatic carbocycles. The van der Waals surface area contributed by atoms with Gasteiger partial charge in [-0.15, -0.1) is 0 Å². The van der Waals surface area contributed by atoms with E-state index in [0.29, 0.717) is 6.42 Å². The van der Waals surface area contributed by atoms with Crippen molar-refractivity contribution in [1.82, 2.24) is 5.32 Å². The molecule has 0 aliphatic rings. The number of rotatable bonds is 7. The van der Waals surface area contributed by atoms with Crippen LogP contribution in [0, 0.1) is 0 Å². The number of alkyl halides is 3. The van der Waals surface area contributed by atoms with Gasteiger partial charge in [0.15, 0.2) is 0 Å². The monoisotopic (exact) mass is 227 g/mol. The minimum absolute atomic E-state index is 0.0794. The van der Waals surface area contributed by atoms with Gasteiger partial charge in [0.1, 0.15) is 0 Å². The topological polar surface area (TPSA) is 21.3 Å². The van der Waals surface area contributed by atoms with Crippen molar-refractivity contribution >= 4 is 0 Å². The fraction of sp³-hybridized carbons (Fsp3) is 1.00. The smallest absolute Gasteiger partial charge is 0.382 e. The Balaban J connectivity index is 3.73. The number of halogens is 3. The highest BCUT2D eigenvalue weighted by Gasteiger charge is 2.27. The first-order chi connectivity index (χ1) is 6.89. The lowest BCUT2D eigenvalue weighted by atomic mass is 10.0. The first-order valence-corrected chi connectivity index (χ1v) is 5.16. The second-order valence-electron chi connectivity index (χ2n) is 3.76. The van der Waals surface area contributed by atoms with Gasteiger partial charge in [0, 0.05) is 19.6 Å². The van der Waals surface area contributed by atoms with Crippen LogP contribution >= 0.6 is 0 Å². The van der Waals surface area contributed by atoms with Crippen LogP contribution in [0.4, 0.5) is 13.2 Å². The van der Waals surface area contributed by atoms with E-state index in [1.54, 1.807) is 14.2 Å². The summed E-state index contributed by atoms with van der Waals surface area (Å²) >= 11 is 0. The van der Waals surface area contributed by atoms with E-state index in [-0.39, 0.29) is 18.6 Å². The largest absolute Gasteiger partial charge is 0.389 e. The molecule has 0 bridgehead atoms. The Morgan fingerprint density at radius 2 is 1.80 bits per heavy atom. The second-order valence-corrected chi connectivity index (χ2v) is 3.76. The number of nitrogens with one attached hydrogen (secondary N) is 1. The molecule has 0 aliphatic carbocycles. The van der Waals surface area contributed by atoms with Crippen molar-refractivity contribution in [3.8, 4) is 0 Å². The molecule has 0 amide bonds. The van der Waals surface area contributed by atoms with Gasteiger partial charge in [-0.3, -0.25) is 0 Å². The number of hydrogen-bond acceptors (Lipinski definition) is 2. The molecule has 0 fully saturated rings. The normalized spacial score (nSPS) is 16.4. The van der Waals surface area contributed by atoms with E-state index >= 15 is 0 Å². The molecule has 2 atom stereocenters. The predicted molar refractivity (Wildman–Crippen MR) is 53.8 cm³/mol. The number of ether oxygens (including phenoxy) is 1. The maximum Gasteiger partial charge on any atom is 0.389 e. The van der Waals surface area contributed by atoms with Crippen LogP contribution in [0.3, 0.4) is 0 Å². The van der Waals surface area contributed by atoms with Gasteiger partial charge in [-0.1, -0.05) is 0 Å².